The smallest absolute Gasteiger partial charge is 0.191 e. The van der Waals surface area contributed by atoms with Crippen LogP contribution in [0.3, 0.4) is 0 Å². The molecule has 5 nitrogen and oxygen atoms in total. The fraction of sp³-hybridized carbons (Fsp3) is 0.222. The van der Waals surface area contributed by atoms with E-state index in [4.69, 9.17) is 0 Å². The van der Waals surface area contributed by atoms with Crippen molar-refractivity contribution in [2.45, 2.75) is 6.54 Å². The van der Waals surface area contributed by atoms with Gasteiger partial charge in [-0.1, -0.05) is 35.6 Å². The summed E-state index contributed by atoms with van der Waals surface area (Å²) in [6.45, 7) is 1.93. The van der Waals surface area contributed by atoms with E-state index in [1.54, 1.807) is 24.5 Å². The SMILES string of the molecule is CN=C(NCCNc1nc2ccccc2s1)NCc1cccc(F)c1.I. The molecular weight excluding hydrogens is 464 g/mol. The molecule has 0 spiro atoms. The maximum atomic E-state index is 13.2. The predicted octanol–water partition coefficient (Wildman–Crippen LogP) is 3.83. The number of guanidine groups is 1. The summed E-state index contributed by atoms with van der Waals surface area (Å²) in [5, 5.41) is 10.6. The summed E-state index contributed by atoms with van der Waals surface area (Å²) < 4.78 is 14.3. The van der Waals surface area contributed by atoms with Gasteiger partial charge in [-0.05, 0) is 29.8 Å². The van der Waals surface area contributed by atoms with E-state index in [9.17, 15) is 4.39 Å². The van der Waals surface area contributed by atoms with Crippen LogP contribution in [-0.4, -0.2) is 31.1 Å². The number of thiazole rings is 1. The molecule has 0 fully saturated rings. The Balaban J connectivity index is 0.00000243. The molecule has 0 radical (unpaired) electrons. The first-order valence-corrected chi connectivity index (χ1v) is 8.84. The van der Waals surface area contributed by atoms with E-state index in [0.717, 1.165) is 22.8 Å². The van der Waals surface area contributed by atoms with Gasteiger partial charge in [0.15, 0.2) is 11.1 Å². The monoisotopic (exact) mass is 485 g/mol. The summed E-state index contributed by atoms with van der Waals surface area (Å²) in [6, 6.07) is 14.6. The van der Waals surface area contributed by atoms with Crippen molar-refractivity contribution in [2.24, 2.45) is 4.99 Å². The number of para-hydroxylation sites is 1. The lowest BCUT2D eigenvalue weighted by Crippen LogP contribution is -2.39. The van der Waals surface area contributed by atoms with Gasteiger partial charge in [0.25, 0.3) is 0 Å². The van der Waals surface area contributed by atoms with Crippen LogP contribution >= 0.6 is 35.3 Å². The highest BCUT2D eigenvalue weighted by Gasteiger charge is 2.03. The second kappa shape index (κ2) is 10.3. The third-order valence-corrected chi connectivity index (χ3v) is 4.55. The van der Waals surface area contributed by atoms with E-state index >= 15 is 0 Å². The Morgan fingerprint density at radius 3 is 2.73 bits per heavy atom. The highest BCUT2D eigenvalue weighted by Crippen LogP contribution is 2.24. The number of halogens is 2. The number of hydrogen-bond donors (Lipinski definition) is 3. The average molecular weight is 485 g/mol. The van der Waals surface area contributed by atoms with Gasteiger partial charge in [0, 0.05) is 26.7 Å². The second-order valence-electron chi connectivity index (χ2n) is 5.40. The van der Waals surface area contributed by atoms with Gasteiger partial charge in [0.1, 0.15) is 5.82 Å². The van der Waals surface area contributed by atoms with Crippen molar-refractivity contribution in [3.63, 3.8) is 0 Å². The third-order valence-electron chi connectivity index (χ3n) is 3.56. The summed E-state index contributed by atoms with van der Waals surface area (Å²) in [7, 11) is 1.71. The maximum Gasteiger partial charge on any atom is 0.191 e. The van der Waals surface area contributed by atoms with Gasteiger partial charge in [0.2, 0.25) is 0 Å². The molecule has 0 aliphatic rings. The number of aromatic nitrogens is 1. The van der Waals surface area contributed by atoms with Crippen LogP contribution in [0.25, 0.3) is 10.2 Å². The fourth-order valence-corrected chi connectivity index (χ4v) is 3.24. The van der Waals surface area contributed by atoms with E-state index < -0.39 is 0 Å². The maximum absolute atomic E-state index is 13.2. The average Bonchev–Trinajstić information content (AvgIpc) is 3.04. The van der Waals surface area contributed by atoms with E-state index in [1.165, 1.54) is 16.8 Å². The quantitative estimate of drug-likeness (QED) is 0.215. The van der Waals surface area contributed by atoms with Crippen molar-refractivity contribution in [2.75, 3.05) is 25.5 Å². The molecule has 3 N–H and O–H groups in total. The molecule has 138 valence electrons. The standard InChI is InChI=1S/C18H20FN5S.HI/c1-20-17(23-12-13-5-4-6-14(19)11-13)21-9-10-22-18-24-15-7-2-3-8-16(15)25-18;/h2-8,11H,9-10,12H2,1H3,(H,22,24)(H2,20,21,23);1H. The lowest BCUT2D eigenvalue weighted by Gasteiger charge is -2.12. The third kappa shape index (κ3) is 5.80. The molecule has 0 amide bonds. The molecule has 3 rings (SSSR count). The molecule has 1 heterocycles. The van der Waals surface area contributed by atoms with Crippen LogP contribution in [0, 0.1) is 5.82 Å². The van der Waals surface area contributed by atoms with Crippen LogP contribution in [0.1, 0.15) is 5.56 Å². The topological polar surface area (TPSA) is 61.3 Å². The summed E-state index contributed by atoms with van der Waals surface area (Å²) in [4.78, 5) is 8.70. The summed E-state index contributed by atoms with van der Waals surface area (Å²) in [5.74, 6) is 0.442. The van der Waals surface area contributed by atoms with E-state index in [0.29, 0.717) is 19.0 Å². The van der Waals surface area contributed by atoms with Gasteiger partial charge in [-0.2, -0.15) is 0 Å². The molecule has 0 aliphatic heterocycles. The van der Waals surface area contributed by atoms with E-state index in [-0.39, 0.29) is 29.8 Å². The highest BCUT2D eigenvalue weighted by molar-refractivity contribution is 14.0. The number of nitrogens with zero attached hydrogens (tertiary/aromatic N) is 2. The number of hydrogen-bond acceptors (Lipinski definition) is 4. The molecule has 0 saturated carbocycles. The zero-order chi connectivity index (χ0) is 17.5. The van der Waals surface area contributed by atoms with Gasteiger partial charge in [-0.3, -0.25) is 4.99 Å². The summed E-state index contributed by atoms with van der Waals surface area (Å²) in [6.07, 6.45) is 0. The summed E-state index contributed by atoms with van der Waals surface area (Å²) >= 11 is 1.64. The Labute approximate surface area is 173 Å². The Morgan fingerprint density at radius 2 is 1.96 bits per heavy atom. The molecule has 1 aromatic heterocycles. The van der Waals surface area contributed by atoms with Crippen molar-refractivity contribution in [3.05, 3.63) is 59.9 Å². The van der Waals surface area contributed by atoms with E-state index in [1.807, 2.05) is 24.3 Å². The molecule has 0 atom stereocenters. The van der Waals surface area contributed by atoms with Gasteiger partial charge in [-0.15, -0.1) is 24.0 Å². The number of rotatable bonds is 6. The minimum atomic E-state index is -0.234. The Kier molecular flexibility index (Phi) is 8.05. The van der Waals surface area contributed by atoms with Crippen LogP contribution in [0.2, 0.25) is 0 Å². The number of fused-ring (bicyclic) bond motifs is 1. The minimum Gasteiger partial charge on any atom is -0.360 e. The lowest BCUT2D eigenvalue weighted by atomic mass is 10.2. The molecule has 0 saturated heterocycles. The zero-order valence-corrected chi connectivity index (χ0v) is 17.5. The molecule has 8 heteroatoms. The van der Waals surface area contributed by atoms with Crippen LogP contribution in [0.15, 0.2) is 53.5 Å². The lowest BCUT2D eigenvalue weighted by molar-refractivity contribution is 0.624. The first-order chi connectivity index (χ1) is 12.2. The second-order valence-corrected chi connectivity index (χ2v) is 6.43. The predicted molar refractivity (Wildman–Crippen MR) is 118 cm³/mol. The highest BCUT2D eigenvalue weighted by atomic mass is 127. The Hall–Kier alpha value is -1.94. The molecule has 3 aromatic rings. The normalized spacial score (nSPS) is 11.1. The van der Waals surface area contributed by atoms with Crippen LogP contribution in [0.5, 0.6) is 0 Å². The first kappa shape index (κ1) is 20.4. The van der Waals surface area contributed by atoms with Crippen molar-refractivity contribution in [1.29, 1.82) is 0 Å². The molecule has 0 bridgehead atoms. The zero-order valence-electron chi connectivity index (χ0n) is 14.3. The van der Waals surface area contributed by atoms with Crippen LogP contribution in [-0.2, 0) is 6.54 Å². The van der Waals surface area contributed by atoms with Gasteiger partial charge < -0.3 is 16.0 Å². The van der Waals surface area contributed by atoms with Crippen molar-refractivity contribution in [3.8, 4) is 0 Å². The van der Waals surface area contributed by atoms with Crippen LogP contribution < -0.4 is 16.0 Å². The fourth-order valence-electron chi connectivity index (χ4n) is 2.35. The largest absolute Gasteiger partial charge is 0.360 e. The number of aliphatic imine (C=N–C) groups is 1. The first-order valence-electron chi connectivity index (χ1n) is 8.03. The molecular formula is C18H21FIN5S. The van der Waals surface area contributed by atoms with Gasteiger partial charge in [-0.25, -0.2) is 9.37 Å². The van der Waals surface area contributed by atoms with E-state index in [2.05, 4.69) is 32.0 Å². The molecule has 26 heavy (non-hydrogen) atoms. The van der Waals surface area contributed by atoms with Gasteiger partial charge >= 0.3 is 0 Å². The summed E-state index contributed by atoms with van der Waals surface area (Å²) in [5.41, 5.74) is 1.88. The number of anilines is 1. The number of benzene rings is 2. The van der Waals surface area contributed by atoms with Crippen molar-refractivity contribution < 1.29 is 4.39 Å². The Morgan fingerprint density at radius 1 is 1.12 bits per heavy atom. The minimum absolute atomic E-state index is 0. The molecule has 0 aliphatic carbocycles. The van der Waals surface area contributed by atoms with Crippen LogP contribution in [0.4, 0.5) is 9.52 Å². The molecule has 2 aromatic carbocycles. The van der Waals surface area contributed by atoms with Crippen molar-refractivity contribution >= 4 is 56.6 Å². The number of nitrogens with one attached hydrogen (secondary N) is 3. The Bertz CT molecular complexity index is 834. The van der Waals surface area contributed by atoms with Crippen molar-refractivity contribution in [1.82, 2.24) is 15.6 Å². The molecule has 0 unspecified atom stereocenters. The van der Waals surface area contributed by atoms with Gasteiger partial charge in [0.05, 0.1) is 10.2 Å².